The predicted molar refractivity (Wildman–Crippen MR) is 87.8 cm³/mol. The third-order valence-corrected chi connectivity index (χ3v) is 5.01. The molecule has 1 aromatic heterocycles. The van der Waals surface area contributed by atoms with E-state index < -0.39 is 0 Å². The van der Waals surface area contributed by atoms with Gasteiger partial charge in [-0.3, -0.25) is 9.88 Å². The average Bonchev–Trinajstić information content (AvgIpc) is 2.76. The highest BCUT2D eigenvalue weighted by atomic mass is 15.2. The molecule has 2 aliphatic heterocycles. The molecule has 0 N–H and O–H groups in total. The lowest BCUT2D eigenvalue weighted by atomic mass is 10.0. The molecule has 1 atom stereocenters. The first kappa shape index (κ1) is 13.1. The normalized spacial score (nSPS) is 23.8. The molecular formula is C18H23N3. The molecule has 0 saturated carbocycles. The molecule has 0 bridgehead atoms. The van der Waals surface area contributed by atoms with Gasteiger partial charge in [0, 0.05) is 42.9 Å². The molecule has 3 nitrogen and oxygen atoms in total. The van der Waals surface area contributed by atoms with E-state index in [9.17, 15) is 0 Å². The van der Waals surface area contributed by atoms with E-state index in [1.807, 2.05) is 12.3 Å². The van der Waals surface area contributed by atoms with Crippen LogP contribution >= 0.6 is 0 Å². The van der Waals surface area contributed by atoms with Crippen molar-refractivity contribution in [2.24, 2.45) is 0 Å². The topological polar surface area (TPSA) is 19.4 Å². The number of benzene rings is 1. The van der Waals surface area contributed by atoms with Crippen molar-refractivity contribution in [3.63, 3.8) is 0 Å². The largest absolute Gasteiger partial charge is 0.370 e. The molecule has 2 aliphatic rings. The van der Waals surface area contributed by atoms with Crippen LogP contribution in [0.15, 0.2) is 36.5 Å². The maximum atomic E-state index is 4.42. The Bertz CT molecular complexity index is 625. The van der Waals surface area contributed by atoms with Crippen LogP contribution in [-0.4, -0.2) is 42.1 Å². The second-order valence-electron chi connectivity index (χ2n) is 6.37. The van der Waals surface area contributed by atoms with Gasteiger partial charge in [0.2, 0.25) is 0 Å². The molecule has 0 aliphatic carbocycles. The van der Waals surface area contributed by atoms with E-state index in [0.29, 0.717) is 0 Å². The van der Waals surface area contributed by atoms with E-state index in [2.05, 4.69) is 39.0 Å². The number of aromatic nitrogens is 1. The van der Waals surface area contributed by atoms with Gasteiger partial charge in [0.1, 0.15) is 0 Å². The fourth-order valence-electron chi connectivity index (χ4n) is 3.87. The summed E-state index contributed by atoms with van der Waals surface area (Å²) in [5.74, 6) is 0. The minimum Gasteiger partial charge on any atom is -0.370 e. The van der Waals surface area contributed by atoms with Gasteiger partial charge in [0.15, 0.2) is 0 Å². The number of piperidine rings is 1. The van der Waals surface area contributed by atoms with Gasteiger partial charge in [-0.15, -0.1) is 0 Å². The molecule has 0 radical (unpaired) electrons. The molecule has 2 aromatic rings. The fourth-order valence-corrected chi connectivity index (χ4v) is 3.87. The average molecular weight is 281 g/mol. The zero-order valence-corrected chi connectivity index (χ0v) is 12.5. The Morgan fingerprint density at radius 3 is 2.95 bits per heavy atom. The van der Waals surface area contributed by atoms with Crippen LogP contribution in [0, 0.1) is 0 Å². The standard InChI is InChI=1S/C18H23N3/c1-2-10-20-11-4-12-21(14-17(20)6-1)16-7-8-18-15(13-16)5-3-9-19-18/h3,5,7-9,13,17H,1-2,4,6,10-12,14H2. The van der Waals surface area contributed by atoms with E-state index >= 15 is 0 Å². The molecular weight excluding hydrogens is 258 g/mol. The minimum atomic E-state index is 0.755. The van der Waals surface area contributed by atoms with Crippen molar-refractivity contribution in [3.05, 3.63) is 36.5 Å². The lowest BCUT2D eigenvalue weighted by Gasteiger charge is -2.35. The second kappa shape index (κ2) is 5.64. The molecule has 2 saturated heterocycles. The van der Waals surface area contributed by atoms with Crippen molar-refractivity contribution in [2.75, 3.05) is 31.1 Å². The Hall–Kier alpha value is -1.61. The third kappa shape index (κ3) is 2.62. The van der Waals surface area contributed by atoms with Crippen LogP contribution in [0.2, 0.25) is 0 Å². The summed E-state index contributed by atoms with van der Waals surface area (Å²) in [6, 6.07) is 11.7. The van der Waals surface area contributed by atoms with Gasteiger partial charge in [-0.1, -0.05) is 12.5 Å². The van der Waals surface area contributed by atoms with Gasteiger partial charge >= 0.3 is 0 Å². The van der Waals surface area contributed by atoms with Gasteiger partial charge in [-0.25, -0.2) is 0 Å². The lowest BCUT2D eigenvalue weighted by molar-refractivity contribution is 0.162. The van der Waals surface area contributed by atoms with E-state index in [4.69, 9.17) is 0 Å². The first-order valence-corrected chi connectivity index (χ1v) is 8.24. The lowest BCUT2D eigenvalue weighted by Crippen LogP contribution is -2.44. The Kier molecular flexibility index (Phi) is 3.52. The van der Waals surface area contributed by atoms with Crippen LogP contribution in [0.4, 0.5) is 5.69 Å². The van der Waals surface area contributed by atoms with Gasteiger partial charge in [0.25, 0.3) is 0 Å². The number of rotatable bonds is 1. The van der Waals surface area contributed by atoms with Gasteiger partial charge in [-0.05, 0) is 50.1 Å². The molecule has 21 heavy (non-hydrogen) atoms. The first-order chi connectivity index (χ1) is 10.4. The van der Waals surface area contributed by atoms with Gasteiger partial charge < -0.3 is 4.90 Å². The molecule has 4 rings (SSSR count). The quantitative estimate of drug-likeness (QED) is 0.799. The summed E-state index contributed by atoms with van der Waals surface area (Å²) in [4.78, 5) is 9.72. The Balaban J connectivity index is 1.61. The maximum Gasteiger partial charge on any atom is 0.0703 e. The highest BCUT2D eigenvalue weighted by molar-refractivity contribution is 5.82. The number of nitrogens with zero attached hydrogens (tertiary/aromatic N) is 3. The zero-order valence-electron chi connectivity index (χ0n) is 12.5. The van der Waals surface area contributed by atoms with E-state index in [1.165, 1.54) is 62.9 Å². The Morgan fingerprint density at radius 1 is 1.00 bits per heavy atom. The van der Waals surface area contributed by atoms with Crippen LogP contribution in [0.5, 0.6) is 0 Å². The number of pyridine rings is 1. The van der Waals surface area contributed by atoms with Gasteiger partial charge in [0.05, 0.1) is 5.52 Å². The minimum absolute atomic E-state index is 0.755. The van der Waals surface area contributed by atoms with E-state index in [-0.39, 0.29) is 0 Å². The Labute approximate surface area is 126 Å². The van der Waals surface area contributed by atoms with Crippen LogP contribution in [0.25, 0.3) is 10.9 Å². The molecule has 2 fully saturated rings. The molecule has 110 valence electrons. The van der Waals surface area contributed by atoms with Gasteiger partial charge in [-0.2, -0.15) is 0 Å². The Morgan fingerprint density at radius 2 is 1.95 bits per heavy atom. The summed E-state index contributed by atoms with van der Waals surface area (Å²) < 4.78 is 0. The van der Waals surface area contributed by atoms with Crippen LogP contribution < -0.4 is 4.90 Å². The fraction of sp³-hybridized carbons (Fsp3) is 0.500. The maximum absolute atomic E-state index is 4.42. The van der Waals surface area contributed by atoms with Crippen LogP contribution in [0.1, 0.15) is 25.7 Å². The highest BCUT2D eigenvalue weighted by Crippen LogP contribution is 2.26. The smallest absolute Gasteiger partial charge is 0.0703 e. The summed E-state index contributed by atoms with van der Waals surface area (Å²) >= 11 is 0. The second-order valence-corrected chi connectivity index (χ2v) is 6.37. The first-order valence-electron chi connectivity index (χ1n) is 8.24. The SMILES string of the molecule is c1cnc2ccc(N3CCCN4CCCCC4C3)cc2c1. The number of anilines is 1. The molecule has 0 spiro atoms. The molecule has 1 unspecified atom stereocenters. The predicted octanol–water partition coefficient (Wildman–Crippen LogP) is 3.30. The van der Waals surface area contributed by atoms with Crippen molar-refractivity contribution in [1.29, 1.82) is 0 Å². The van der Waals surface area contributed by atoms with Crippen LogP contribution in [-0.2, 0) is 0 Å². The number of fused-ring (bicyclic) bond motifs is 2. The van der Waals surface area contributed by atoms with Crippen molar-refractivity contribution in [1.82, 2.24) is 9.88 Å². The number of hydrogen-bond acceptors (Lipinski definition) is 3. The summed E-state index contributed by atoms with van der Waals surface area (Å²) in [7, 11) is 0. The highest BCUT2D eigenvalue weighted by Gasteiger charge is 2.27. The van der Waals surface area contributed by atoms with E-state index in [1.54, 1.807) is 0 Å². The summed E-state index contributed by atoms with van der Waals surface area (Å²) in [5, 5.41) is 1.25. The van der Waals surface area contributed by atoms with Crippen molar-refractivity contribution in [3.8, 4) is 0 Å². The third-order valence-electron chi connectivity index (χ3n) is 5.01. The molecule has 1 aromatic carbocycles. The monoisotopic (exact) mass is 281 g/mol. The molecule has 3 heteroatoms. The molecule has 3 heterocycles. The van der Waals surface area contributed by atoms with Crippen LogP contribution in [0.3, 0.4) is 0 Å². The summed E-state index contributed by atoms with van der Waals surface area (Å²) in [6.45, 7) is 4.95. The van der Waals surface area contributed by atoms with E-state index in [0.717, 1.165) is 11.6 Å². The van der Waals surface area contributed by atoms with Crippen molar-refractivity contribution in [2.45, 2.75) is 31.7 Å². The molecule has 0 amide bonds. The number of hydrogen-bond donors (Lipinski definition) is 0. The van der Waals surface area contributed by atoms with Crippen molar-refractivity contribution < 1.29 is 0 Å². The zero-order chi connectivity index (χ0) is 14.1. The summed E-state index contributed by atoms with van der Waals surface area (Å²) in [5.41, 5.74) is 2.46. The summed E-state index contributed by atoms with van der Waals surface area (Å²) in [6.07, 6.45) is 7.30. The van der Waals surface area contributed by atoms with Crippen molar-refractivity contribution >= 4 is 16.6 Å².